The van der Waals surface area contributed by atoms with Crippen LogP contribution in [0.5, 0.6) is 5.75 Å². The molecule has 4 aromatic carbocycles. The summed E-state index contributed by atoms with van der Waals surface area (Å²) in [6.45, 7) is 4.30. The van der Waals surface area contributed by atoms with E-state index in [1.165, 1.54) is 16.9 Å². The molecule has 0 aliphatic heterocycles. The van der Waals surface area contributed by atoms with Gasteiger partial charge in [0.2, 0.25) is 0 Å². The number of allylic oxidation sites excluding steroid dienone is 1. The zero-order valence-electron chi connectivity index (χ0n) is 25.8. The Kier molecular flexibility index (Phi) is 8.76. The van der Waals surface area contributed by atoms with Crippen molar-refractivity contribution in [3.8, 4) is 28.1 Å². The highest BCUT2D eigenvalue weighted by Gasteiger charge is 2.22. The van der Waals surface area contributed by atoms with Gasteiger partial charge in [0.15, 0.2) is 5.78 Å². The molecule has 6 nitrogen and oxygen atoms in total. The summed E-state index contributed by atoms with van der Waals surface area (Å²) in [5.41, 5.74) is 13.9. The molecule has 2 aromatic heterocycles. The summed E-state index contributed by atoms with van der Waals surface area (Å²) in [6.07, 6.45) is 3.37. The Labute approximate surface area is 272 Å². The maximum atomic E-state index is 13.5. The number of ketones is 1. The quantitative estimate of drug-likeness (QED) is 0.124. The molecule has 0 aliphatic rings. The average molecular weight is 624 g/mol. The molecule has 0 bridgehead atoms. The van der Waals surface area contributed by atoms with Crippen LogP contribution in [-0.4, -0.2) is 23.8 Å². The van der Waals surface area contributed by atoms with E-state index >= 15 is 0 Å². The number of ether oxygens (including phenoxy) is 1. The van der Waals surface area contributed by atoms with Crippen molar-refractivity contribution in [3.05, 3.63) is 137 Å². The van der Waals surface area contributed by atoms with E-state index in [2.05, 4.69) is 31.3 Å². The van der Waals surface area contributed by atoms with Gasteiger partial charge in [-0.05, 0) is 76.7 Å². The Bertz CT molecular complexity index is 2050. The summed E-state index contributed by atoms with van der Waals surface area (Å²) in [7, 11) is 1.63. The number of thiophene rings is 1. The molecule has 6 rings (SSSR count). The minimum absolute atomic E-state index is 0.120. The summed E-state index contributed by atoms with van der Waals surface area (Å²) in [5.74, 6) is 0.739. The van der Waals surface area contributed by atoms with Crippen molar-refractivity contribution in [3.63, 3.8) is 0 Å². The van der Waals surface area contributed by atoms with Crippen LogP contribution in [0, 0.1) is 0 Å². The van der Waals surface area contributed by atoms with Crippen molar-refractivity contribution in [1.29, 1.82) is 0 Å². The topological polar surface area (TPSA) is 94.3 Å². The Morgan fingerprint density at radius 1 is 0.870 bits per heavy atom. The SMILES string of the molecule is COc1ccc(-c2cc(-c3ccccc3)nc3sc(C(=O)Nc4ccc(C(=O)C=Cc5ccc(C(C)C)cc5)cc4)c(N)c23)cc1. The van der Waals surface area contributed by atoms with Crippen molar-refractivity contribution in [2.24, 2.45) is 0 Å². The lowest BCUT2D eigenvalue weighted by molar-refractivity contribution is 0.102. The molecule has 7 heteroatoms. The standard InChI is InChI=1S/C39H33N3O3S/c1-24(2)26-12-9-25(10-13-26)11-22-34(43)29-14-18-30(19-15-29)41-38(44)37-36(40)35-32(27-16-20-31(45-3)21-17-27)23-33(42-39(35)46-37)28-7-5-4-6-8-28/h4-24H,40H2,1-3H3,(H,41,44). The maximum absolute atomic E-state index is 13.5. The number of fused-ring (bicyclic) bond motifs is 1. The van der Waals surface area contributed by atoms with Gasteiger partial charge in [-0.3, -0.25) is 9.59 Å². The van der Waals surface area contributed by atoms with Crippen molar-refractivity contribution in [1.82, 2.24) is 4.98 Å². The summed E-state index contributed by atoms with van der Waals surface area (Å²) < 4.78 is 5.35. The molecular formula is C39H33N3O3S. The van der Waals surface area contributed by atoms with Crippen molar-refractivity contribution in [2.45, 2.75) is 19.8 Å². The third-order valence-corrected chi connectivity index (χ3v) is 8.93. The maximum Gasteiger partial charge on any atom is 0.267 e. The summed E-state index contributed by atoms with van der Waals surface area (Å²) in [6, 6.07) is 34.7. The third kappa shape index (κ3) is 6.46. The number of carbonyl (C=O) groups is 2. The first kappa shape index (κ1) is 30.5. The van der Waals surface area contributed by atoms with Crippen LogP contribution in [0.3, 0.4) is 0 Å². The van der Waals surface area contributed by atoms with E-state index in [1.54, 1.807) is 37.5 Å². The van der Waals surface area contributed by atoms with Gasteiger partial charge in [-0.1, -0.05) is 86.7 Å². The zero-order chi connectivity index (χ0) is 32.2. The molecule has 228 valence electrons. The molecule has 3 N–H and O–H groups in total. The van der Waals surface area contributed by atoms with E-state index in [0.29, 0.717) is 32.6 Å². The van der Waals surface area contributed by atoms with Gasteiger partial charge in [0, 0.05) is 22.2 Å². The van der Waals surface area contributed by atoms with Crippen LogP contribution in [0.15, 0.2) is 115 Å². The Morgan fingerprint density at radius 3 is 2.22 bits per heavy atom. The van der Waals surface area contributed by atoms with Crippen molar-refractivity contribution in [2.75, 3.05) is 18.2 Å². The molecule has 0 unspecified atom stereocenters. The van der Waals surface area contributed by atoms with E-state index in [0.717, 1.165) is 39.1 Å². The van der Waals surface area contributed by atoms with Gasteiger partial charge in [0.05, 0.1) is 18.5 Å². The number of benzene rings is 4. The van der Waals surface area contributed by atoms with Gasteiger partial charge in [-0.2, -0.15) is 0 Å². The fourth-order valence-electron chi connectivity index (χ4n) is 5.21. The molecular weight excluding hydrogens is 591 g/mol. The number of nitrogens with two attached hydrogens (primary N) is 1. The molecule has 0 radical (unpaired) electrons. The van der Waals surface area contributed by atoms with Crippen LogP contribution < -0.4 is 15.8 Å². The number of rotatable bonds is 9. The second-order valence-corrected chi connectivity index (χ2v) is 12.2. The number of nitrogen functional groups attached to an aromatic ring is 1. The van der Waals surface area contributed by atoms with Gasteiger partial charge in [-0.25, -0.2) is 4.98 Å². The van der Waals surface area contributed by atoms with Gasteiger partial charge in [-0.15, -0.1) is 11.3 Å². The molecule has 6 aromatic rings. The van der Waals surface area contributed by atoms with Crippen molar-refractivity contribution >= 4 is 50.7 Å². The first-order valence-corrected chi connectivity index (χ1v) is 15.8. The number of aromatic nitrogens is 1. The average Bonchev–Trinajstić information content (AvgIpc) is 3.44. The normalized spacial score (nSPS) is 11.3. The number of methoxy groups -OCH3 is 1. The number of anilines is 2. The number of amides is 1. The summed E-state index contributed by atoms with van der Waals surface area (Å²) >= 11 is 1.26. The monoisotopic (exact) mass is 623 g/mol. The van der Waals surface area contributed by atoms with E-state index in [9.17, 15) is 9.59 Å². The highest BCUT2D eigenvalue weighted by molar-refractivity contribution is 7.21. The van der Waals surface area contributed by atoms with Crippen LogP contribution in [0.25, 0.3) is 38.7 Å². The largest absolute Gasteiger partial charge is 0.497 e. The predicted molar refractivity (Wildman–Crippen MR) is 190 cm³/mol. The van der Waals surface area contributed by atoms with Crippen LogP contribution in [0.1, 0.15) is 50.9 Å². The van der Waals surface area contributed by atoms with E-state index < -0.39 is 0 Å². The Morgan fingerprint density at radius 2 is 1.57 bits per heavy atom. The second kappa shape index (κ2) is 13.2. The Balaban J connectivity index is 1.25. The van der Waals surface area contributed by atoms with E-state index in [4.69, 9.17) is 15.5 Å². The minimum Gasteiger partial charge on any atom is -0.497 e. The lowest BCUT2D eigenvalue weighted by Gasteiger charge is -2.10. The molecule has 0 fully saturated rings. The van der Waals surface area contributed by atoms with Crippen LogP contribution in [0.2, 0.25) is 0 Å². The molecule has 46 heavy (non-hydrogen) atoms. The number of nitrogens with one attached hydrogen (secondary N) is 1. The first-order valence-electron chi connectivity index (χ1n) is 15.0. The van der Waals surface area contributed by atoms with Crippen LogP contribution >= 0.6 is 11.3 Å². The highest BCUT2D eigenvalue weighted by atomic mass is 32.1. The predicted octanol–water partition coefficient (Wildman–Crippen LogP) is 9.49. The molecule has 1 amide bonds. The minimum atomic E-state index is -0.341. The van der Waals surface area contributed by atoms with E-state index in [-0.39, 0.29) is 11.7 Å². The number of hydrogen-bond donors (Lipinski definition) is 2. The molecule has 0 aliphatic carbocycles. The molecule has 2 heterocycles. The smallest absolute Gasteiger partial charge is 0.267 e. The lowest BCUT2D eigenvalue weighted by atomic mass is 9.99. The number of nitrogens with zero attached hydrogens (tertiary/aromatic N) is 1. The van der Waals surface area contributed by atoms with Crippen LogP contribution in [0.4, 0.5) is 11.4 Å². The highest BCUT2D eigenvalue weighted by Crippen LogP contribution is 2.42. The molecule has 0 spiro atoms. The number of pyridine rings is 1. The third-order valence-electron chi connectivity index (χ3n) is 7.83. The van der Waals surface area contributed by atoms with Crippen molar-refractivity contribution < 1.29 is 14.3 Å². The van der Waals surface area contributed by atoms with Gasteiger partial charge >= 0.3 is 0 Å². The van der Waals surface area contributed by atoms with Gasteiger partial charge < -0.3 is 15.8 Å². The fraction of sp³-hybridized carbons (Fsp3) is 0.103. The summed E-state index contributed by atoms with van der Waals surface area (Å²) in [4.78, 5) is 32.3. The Hall–Kier alpha value is -5.53. The zero-order valence-corrected chi connectivity index (χ0v) is 26.6. The van der Waals surface area contributed by atoms with Gasteiger partial charge in [0.1, 0.15) is 15.5 Å². The number of hydrogen-bond acceptors (Lipinski definition) is 6. The van der Waals surface area contributed by atoms with Gasteiger partial charge in [0.25, 0.3) is 5.91 Å². The molecule has 0 saturated heterocycles. The first-order chi connectivity index (χ1) is 22.3. The van der Waals surface area contributed by atoms with Crippen LogP contribution in [-0.2, 0) is 0 Å². The second-order valence-electron chi connectivity index (χ2n) is 11.2. The fourth-order valence-corrected chi connectivity index (χ4v) is 6.23. The van der Waals surface area contributed by atoms with E-state index in [1.807, 2.05) is 78.9 Å². The number of carbonyl (C=O) groups excluding carboxylic acids is 2. The molecule has 0 saturated carbocycles. The summed E-state index contributed by atoms with van der Waals surface area (Å²) in [5, 5.41) is 3.67. The molecule has 0 atom stereocenters. The lowest BCUT2D eigenvalue weighted by Crippen LogP contribution is -2.12.